The molecule has 3 N–H and O–H groups in total. The van der Waals surface area contributed by atoms with Crippen molar-refractivity contribution in [1.82, 2.24) is 10.3 Å². The fourth-order valence-corrected chi connectivity index (χ4v) is 3.73. The minimum absolute atomic E-state index is 0.133. The van der Waals surface area contributed by atoms with Gasteiger partial charge in [0, 0.05) is 37.0 Å². The number of nitrogens with two attached hydrogens (primary N) is 1. The summed E-state index contributed by atoms with van der Waals surface area (Å²) in [4.78, 5) is 19.0. The quantitative estimate of drug-likeness (QED) is 0.865. The number of piperidine rings is 1. The third-order valence-corrected chi connectivity index (χ3v) is 5.50. The van der Waals surface area contributed by atoms with Crippen LogP contribution >= 0.6 is 11.3 Å². The van der Waals surface area contributed by atoms with Crippen LogP contribution in [0.2, 0.25) is 0 Å². The van der Waals surface area contributed by atoms with Crippen molar-refractivity contribution in [2.75, 3.05) is 24.5 Å². The topological polar surface area (TPSA) is 71.2 Å². The van der Waals surface area contributed by atoms with Gasteiger partial charge in [-0.05, 0) is 38.5 Å². The molecule has 1 atom stereocenters. The fraction of sp³-hybridized carbons (Fsp3) is 0.733. The molecule has 1 unspecified atom stereocenters. The molecule has 2 fully saturated rings. The molecule has 5 nitrogen and oxygen atoms in total. The lowest BCUT2D eigenvalue weighted by Crippen LogP contribution is -2.44. The summed E-state index contributed by atoms with van der Waals surface area (Å²) in [7, 11) is 0. The van der Waals surface area contributed by atoms with Crippen LogP contribution in [0.1, 0.15) is 31.4 Å². The van der Waals surface area contributed by atoms with Crippen molar-refractivity contribution < 1.29 is 4.79 Å². The van der Waals surface area contributed by atoms with Gasteiger partial charge in [0.05, 0.1) is 5.69 Å². The number of nitrogens with zero attached hydrogens (tertiary/aromatic N) is 2. The van der Waals surface area contributed by atoms with E-state index in [0.717, 1.165) is 36.8 Å². The number of thiazole rings is 1. The lowest BCUT2D eigenvalue weighted by Gasteiger charge is -2.31. The van der Waals surface area contributed by atoms with E-state index in [1.54, 1.807) is 11.3 Å². The first-order valence-corrected chi connectivity index (χ1v) is 8.72. The van der Waals surface area contributed by atoms with Crippen molar-refractivity contribution in [1.29, 1.82) is 0 Å². The molecule has 1 aliphatic carbocycles. The molecule has 1 saturated heterocycles. The molecule has 1 aromatic heterocycles. The Kier molecular flexibility index (Phi) is 4.45. The van der Waals surface area contributed by atoms with Gasteiger partial charge in [0.1, 0.15) is 0 Å². The van der Waals surface area contributed by atoms with Crippen molar-refractivity contribution in [3.05, 3.63) is 11.1 Å². The van der Waals surface area contributed by atoms with E-state index in [4.69, 9.17) is 5.73 Å². The first-order chi connectivity index (χ1) is 10.1. The molecule has 2 aliphatic rings. The third kappa shape index (κ3) is 3.74. The maximum absolute atomic E-state index is 12.2. The summed E-state index contributed by atoms with van der Waals surface area (Å²) in [5.41, 5.74) is 7.10. The Morgan fingerprint density at radius 1 is 1.48 bits per heavy atom. The second-order valence-corrected chi connectivity index (χ2v) is 7.12. The molecule has 21 heavy (non-hydrogen) atoms. The van der Waals surface area contributed by atoms with Crippen molar-refractivity contribution >= 4 is 22.4 Å². The van der Waals surface area contributed by atoms with Crippen LogP contribution in [0.4, 0.5) is 5.13 Å². The van der Waals surface area contributed by atoms with Crippen LogP contribution in [-0.4, -0.2) is 36.6 Å². The van der Waals surface area contributed by atoms with Crippen LogP contribution in [0.15, 0.2) is 5.38 Å². The number of hydrogen-bond acceptors (Lipinski definition) is 5. The van der Waals surface area contributed by atoms with Crippen LogP contribution < -0.4 is 16.0 Å². The number of amides is 1. The largest absolute Gasteiger partial charge is 0.354 e. The fourth-order valence-electron chi connectivity index (χ4n) is 2.87. The molecule has 0 spiro atoms. The lowest BCUT2D eigenvalue weighted by atomic mass is 9.96. The van der Waals surface area contributed by atoms with Gasteiger partial charge < -0.3 is 16.0 Å². The highest BCUT2D eigenvalue weighted by molar-refractivity contribution is 7.13. The van der Waals surface area contributed by atoms with Gasteiger partial charge in [-0.3, -0.25) is 4.79 Å². The first-order valence-electron chi connectivity index (χ1n) is 7.84. The van der Waals surface area contributed by atoms with Crippen molar-refractivity contribution in [2.45, 2.75) is 38.6 Å². The maximum atomic E-state index is 12.2. The summed E-state index contributed by atoms with van der Waals surface area (Å²) in [6, 6.07) is 0.146. The zero-order valence-corrected chi connectivity index (χ0v) is 13.4. The van der Waals surface area contributed by atoms with Crippen LogP contribution in [0.3, 0.4) is 0 Å². The minimum atomic E-state index is 0.133. The van der Waals surface area contributed by atoms with E-state index in [2.05, 4.69) is 20.6 Å². The van der Waals surface area contributed by atoms with Gasteiger partial charge in [0.15, 0.2) is 5.13 Å². The summed E-state index contributed by atoms with van der Waals surface area (Å²) < 4.78 is 0. The number of anilines is 1. The Labute approximate surface area is 129 Å². The van der Waals surface area contributed by atoms with Crippen LogP contribution in [-0.2, 0) is 4.79 Å². The van der Waals surface area contributed by atoms with E-state index in [1.807, 2.05) is 6.92 Å². The van der Waals surface area contributed by atoms with E-state index >= 15 is 0 Å². The average molecular weight is 308 g/mol. The molecule has 0 aromatic carbocycles. The van der Waals surface area contributed by atoms with Crippen molar-refractivity contribution in [2.24, 2.45) is 17.6 Å². The molecule has 1 saturated carbocycles. The average Bonchev–Trinajstić information content (AvgIpc) is 3.26. The molecule has 0 bridgehead atoms. The predicted molar refractivity (Wildman–Crippen MR) is 85.5 cm³/mol. The molecular weight excluding hydrogens is 284 g/mol. The van der Waals surface area contributed by atoms with Crippen LogP contribution in [0, 0.1) is 18.8 Å². The van der Waals surface area contributed by atoms with Gasteiger partial charge >= 0.3 is 0 Å². The smallest absolute Gasteiger partial charge is 0.223 e. The Morgan fingerprint density at radius 2 is 2.19 bits per heavy atom. The second-order valence-electron chi connectivity index (χ2n) is 6.28. The molecule has 1 amide bonds. The molecule has 1 aliphatic heterocycles. The molecule has 116 valence electrons. The highest BCUT2D eigenvalue weighted by atomic mass is 32.1. The van der Waals surface area contributed by atoms with E-state index in [0.29, 0.717) is 12.5 Å². The number of carbonyl (C=O) groups is 1. The highest BCUT2D eigenvalue weighted by Crippen LogP contribution is 2.31. The normalized spacial score (nSPS) is 21.3. The van der Waals surface area contributed by atoms with Gasteiger partial charge in [0.2, 0.25) is 5.91 Å². The number of hydrogen-bond donors (Lipinski definition) is 2. The molecule has 2 heterocycles. The number of nitrogens with one attached hydrogen (secondary N) is 1. The van der Waals surface area contributed by atoms with Crippen LogP contribution in [0.25, 0.3) is 0 Å². The SMILES string of the molecule is Cc1csc(N2CCC(C(=O)NCC(N)C3CC3)CC2)n1. The number of carbonyl (C=O) groups excluding carboxylic acids is 1. The van der Waals surface area contributed by atoms with Gasteiger partial charge in [-0.15, -0.1) is 11.3 Å². The van der Waals surface area contributed by atoms with Gasteiger partial charge in [-0.1, -0.05) is 0 Å². The molecule has 3 rings (SSSR count). The molecule has 0 radical (unpaired) electrons. The van der Waals surface area contributed by atoms with E-state index in [1.165, 1.54) is 12.8 Å². The van der Waals surface area contributed by atoms with E-state index < -0.39 is 0 Å². The van der Waals surface area contributed by atoms with Crippen LogP contribution in [0.5, 0.6) is 0 Å². The second kappa shape index (κ2) is 6.32. The number of aromatic nitrogens is 1. The van der Waals surface area contributed by atoms with E-state index in [9.17, 15) is 4.79 Å². The Hall–Kier alpha value is -1.14. The standard InChI is InChI=1S/C15H24N4OS/c1-10-9-21-15(18-10)19-6-4-12(5-7-19)14(20)17-8-13(16)11-2-3-11/h9,11-13H,2-8,16H2,1H3,(H,17,20). The van der Waals surface area contributed by atoms with Gasteiger partial charge in [-0.25, -0.2) is 4.98 Å². The molecular formula is C15H24N4OS. The Morgan fingerprint density at radius 3 is 2.76 bits per heavy atom. The summed E-state index contributed by atoms with van der Waals surface area (Å²) in [6.45, 7) is 4.48. The zero-order chi connectivity index (χ0) is 14.8. The van der Waals surface area contributed by atoms with Gasteiger partial charge in [0.25, 0.3) is 0 Å². The van der Waals surface area contributed by atoms with Crippen molar-refractivity contribution in [3.63, 3.8) is 0 Å². The third-order valence-electron chi connectivity index (χ3n) is 4.48. The van der Waals surface area contributed by atoms with Gasteiger partial charge in [-0.2, -0.15) is 0 Å². The predicted octanol–water partition coefficient (Wildman–Crippen LogP) is 1.52. The summed E-state index contributed by atoms with van der Waals surface area (Å²) >= 11 is 1.69. The molecule has 6 heteroatoms. The lowest BCUT2D eigenvalue weighted by molar-refractivity contribution is -0.125. The van der Waals surface area contributed by atoms with Crippen molar-refractivity contribution in [3.8, 4) is 0 Å². The zero-order valence-electron chi connectivity index (χ0n) is 12.5. The minimum Gasteiger partial charge on any atom is -0.354 e. The number of rotatable bonds is 5. The monoisotopic (exact) mass is 308 g/mol. The highest BCUT2D eigenvalue weighted by Gasteiger charge is 2.30. The van der Waals surface area contributed by atoms with E-state index in [-0.39, 0.29) is 17.9 Å². The Balaban J connectivity index is 1.43. The first kappa shape index (κ1) is 14.8. The summed E-state index contributed by atoms with van der Waals surface area (Å²) in [5, 5.41) is 6.20. The summed E-state index contributed by atoms with van der Waals surface area (Å²) in [6.07, 6.45) is 4.26. The Bertz CT molecular complexity index is 492. The maximum Gasteiger partial charge on any atom is 0.223 e. The molecule has 1 aromatic rings. The summed E-state index contributed by atoms with van der Waals surface area (Å²) in [5.74, 6) is 0.954. The number of aryl methyl sites for hydroxylation is 1.